The Morgan fingerprint density at radius 3 is 2.28 bits per heavy atom. The predicted molar refractivity (Wildman–Crippen MR) is 70.0 cm³/mol. The molecule has 0 atom stereocenters. The van der Waals surface area contributed by atoms with Gasteiger partial charge < -0.3 is 10.1 Å². The predicted octanol–water partition coefficient (Wildman–Crippen LogP) is 2.22. The Labute approximate surface area is 109 Å². The molecule has 0 bridgehead atoms. The van der Waals surface area contributed by atoms with Crippen molar-refractivity contribution < 1.29 is 17.9 Å². The summed E-state index contributed by atoms with van der Waals surface area (Å²) in [5.41, 5.74) is 0. The summed E-state index contributed by atoms with van der Waals surface area (Å²) in [5.74, 6) is -0.560. The molecule has 0 heterocycles. The van der Waals surface area contributed by atoms with E-state index >= 15 is 0 Å². The van der Waals surface area contributed by atoms with E-state index in [1.54, 1.807) is 20.8 Å². The van der Waals surface area contributed by atoms with Crippen molar-refractivity contribution in [2.24, 2.45) is 0 Å². The van der Waals surface area contributed by atoms with E-state index < -0.39 is 26.6 Å². The van der Waals surface area contributed by atoms with Crippen molar-refractivity contribution in [1.29, 1.82) is 0 Å². The average molecular weight is 277 g/mol. The minimum atomic E-state index is -3.42. The highest BCUT2D eigenvalue weighted by molar-refractivity contribution is 7.92. The number of sulfone groups is 1. The molecule has 0 aromatic carbocycles. The summed E-state index contributed by atoms with van der Waals surface area (Å²) in [6.07, 6.45) is 4.67. The molecule has 0 radical (unpaired) electrons. The number of hydrogen-bond donors (Lipinski definition) is 1. The minimum Gasteiger partial charge on any atom is -0.433 e. The molecule has 1 N–H and O–H groups in total. The summed E-state index contributed by atoms with van der Waals surface area (Å²) in [5, 5.41) is 2.72. The number of nitrogens with one attached hydrogen (secondary N) is 1. The van der Waals surface area contributed by atoms with E-state index in [1.807, 2.05) is 0 Å². The van der Waals surface area contributed by atoms with Gasteiger partial charge >= 0.3 is 6.09 Å². The Morgan fingerprint density at radius 2 is 1.78 bits per heavy atom. The molecule has 0 unspecified atom stereocenters. The van der Waals surface area contributed by atoms with Gasteiger partial charge in [0.1, 0.15) is 0 Å². The Morgan fingerprint density at radius 1 is 1.22 bits per heavy atom. The van der Waals surface area contributed by atoms with Crippen LogP contribution in [0.2, 0.25) is 0 Å². The number of rotatable bonds is 3. The zero-order valence-electron chi connectivity index (χ0n) is 11.4. The van der Waals surface area contributed by atoms with Crippen molar-refractivity contribution >= 4 is 15.9 Å². The molecule has 5 nitrogen and oxygen atoms in total. The first-order valence-corrected chi connectivity index (χ1v) is 8.03. The van der Waals surface area contributed by atoms with Gasteiger partial charge in [0.2, 0.25) is 0 Å². The number of alkyl carbamates (subject to hydrolysis) is 1. The Balaban J connectivity index is 2.37. The molecule has 1 aliphatic carbocycles. The van der Waals surface area contributed by atoms with Crippen LogP contribution in [0.3, 0.4) is 0 Å². The number of amides is 1. The Bertz CT molecular complexity index is 377. The summed E-state index contributed by atoms with van der Waals surface area (Å²) < 4.78 is 27.4. The standard InChI is InChI=1S/C12H23NO4S/c1-12(2,3)18(15,16)9-17-11(14)13-10-7-5-4-6-8-10/h10H,4-9H2,1-3H3,(H,13,14). The summed E-state index contributed by atoms with van der Waals surface area (Å²) in [6, 6.07) is 0.128. The number of carbonyl (C=O) groups is 1. The van der Waals surface area contributed by atoms with Gasteiger partial charge in [-0.3, -0.25) is 0 Å². The third-order valence-corrected chi connectivity index (χ3v) is 5.50. The van der Waals surface area contributed by atoms with Gasteiger partial charge in [-0.05, 0) is 33.6 Å². The van der Waals surface area contributed by atoms with Gasteiger partial charge in [0.15, 0.2) is 15.8 Å². The maximum absolute atomic E-state index is 11.7. The summed E-state index contributed by atoms with van der Waals surface area (Å²) in [6.45, 7) is 4.76. The molecule has 6 heteroatoms. The van der Waals surface area contributed by atoms with Crippen LogP contribution < -0.4 is 5.32 Å². The third kappa shape index (κ3) is 4.48. The fourth-order valence-electron chi connectivity index (χ4n) is 1.76. The topological polar surface area (TPSA) is 72.5 Å². The van der Waals surface area contributed by atoms with Gasteiger partial charge in [-0.1, -0.05) is 19.3 Å². The first-order chi connectivity index (χ1) is 8.22. The van der Waals surface area contributed by atoms with Crippen molar-refractivity contribution in [2.75, 3.05) is 5.94 Å². The van der Waals surface area contributed by atoms with Crippen molar-refractivity contribution in [3.05, 3.63) is 0 Å². The second-order valence-corrected chi connectivity index (χ2v) is 8.45. The summed E-state index contributed by atoms with van der Waals surface area (Å²) >= 11 is 0. The molecule has 0 aromatic heterocycles. The molecular formula is C12H23NO4S. The fraction of sp³-hybridized carbons (Fsp3) is 0.917. The van der Waals surface area contributed by atoms with Gasteiger partial charge in [-0.25, -0.2) is 13.2 Å². The lowest BCUT2D eigenvalue weighted by atomic mass is 9.96. The quantitative estimate of drug-likeness (QED) is 0.858. The van der Waals surface area contributed by atoms with Crippen LogP contribution in [-0.2, 0) is 14.6 Å². The molecule has 1 fully saturated rings. The second kappa shape index (κ2) is 5.91. The van der Waals surface area contributed by atoms with Crippen molar-refractivity contribution in [1.82, 2.24) is 5.32 Å². The van der Waals surface area contributed by atoms with Crippen LogP contribution in [0.25, 0.3) is 0 Å². The van der Waals surface area contributed by atoms with Crippen LogP contribution in [0, 0.1) is 0 Å². The molecule has 1 aliphatic rings. The van der Waals surface area contributed by atoms with Crippen LogP contribution in [-0.4, -0.2) is 31.2 Å². The van der Waals surface area contributed by atoms with Gasteiger partial charge in [0, 0.05) is 6.04 Å². The monoisotopic (exact) mass is 277 g/mol. The van der Waals surface area contributed by atoms with Crippen molar-refractivity contribution in [3.63, 3.8) is 0 Å². The normalized spacial score (nSPS) is 18.4. The first kappa shape index (κ1) is 15.3. The molecule has 0 spiro atoms. The SMILES string of the molecule is CC(C)(C)S(=O)(=O)COC(=O)NC1CCCCC1. The second-order valence-electron chi connectivity index (χ2n) is 5.76. The molecule has 0 aliphatic heterocycles. The zero-order chi connectivity index (χ0) is 13.8. The fourth-order valence-corrected chi connectivity index (χ4v) is 2.38. The molecule has 18 heavy (non-hydrogen) atoms. The maximum atomic E-state index is 11.7. The first-order valence-electron chi connectivity index (χ1n) is 6.38. The molecule has 1 rings (SSSR count). The molecular weight excluding hydrogens is 254 g/mol. The third-order valence-electron chi connectivity index (χ3n) is 3.21. The number of hydrogen-bond acceptors (Lipinski definition) is 4. The lowest BCUT2D eigenvalue weighted by Gasteiger charge is -2.23. The van der Waals surface area contributed by atoms with Crippen LogP contribution >= 0.6 is 0 Å². The summed E-state index contributed by atoms with van der Waals surface area (Å²) in [7, 11) is -3.42. The van der Waals surface area contributed by atoms with Gasteiger partial charge in [-0.15, -0.1) is 0 Å². The largest absolute Gasteiger partial charge is 0.433 e. The lowest BCUT2D eigenvalue weighted by Crippen LogP contribution is -2.39. The smallest absolute Gasteiger partial charge is 0.408 e. The molecule has 1 amide bonds. The van der Waals surface area contributed by atoms with E-state index in [0.717, 1.165) is 25.7 Å². The average Bonchev–Trinajstić information content (AvgIpc) is 2.26. The lowest BCUT2D eigenvalue weighted by molar-refractivity contribution is 0.155. The van der Waals surface area contributed by atoms with Crippen LogP contribution in [0.5, 0.6) is 0 Å². The van der Waals surface area contributed by atoms with E-state index in [-0.39, 0.29) is 6.04 Å². The van der Waals surface area contributed by atoms with E-state index in [0.29, 0.717) is 0 Å². The number of ether oxygens (including phenoxy) is 1. The minimum absolute atomic E-state index is 0.128. The maximum Gasteiger partial charge on any atom is 0.408 e. The van der Waals surface area contributed by atoms with E-state index in [9.17, 15) is 13.2 Å². The highest BCUT2D eigenvalue weighted by Gasteiger charge is 2.30. The molecule has 106 valence electrons. The number of carbonyl (C=O) groups excluding carboxylic acids is 1. The zero-order valence-corrected chi connectivity index (χ0v) is 12.2. The highest BCUT2D eigenvalue weighted by Crippen LogP contribution is 2.18. The van der Waals surface area contributed by atoms with Crippen molar-refractivity contribution in [2.45, 2.75) is 63.7 Å². The Hall–Kier alpha value is -0.780. The van der Waals surface area contributed by atoms with Crippen LogP contribution in [0.15, 0.2) is 0 Å². The molecule has 1 saturated carbocycles. The van der Waals surface area contributed by atoms with Crippen LogP contribution in [0.4, 0.5) is 4.79 Å². The molecule has 0 saturated heterocycles. The van der Waals surface area contributed by atoms with E-state index in [1.165, 1.54) is 6.42 Å². The Kier molecular flexibility index (Phi) is 5.01. The van der Waals surface area contributed by atoms with E-state index in [4.69, 9.17) is 4.74 Å². The van der Waals surface area contributed by atoms with Gasteiger partial charge in [0.05, 0.1) is 4.75 Å². The van der Waals surface area contributed by atoms with E-state index in [2.05, 4.69) is 5.32 Å². The summed E-state index contributed by atoms with van der Waals surface area (Å²) in [4.78, 5) is 11.5. The highest BCUT2D eigenvalue weighted by atomic mass is 32.2. The van der Waals surface area contributed by atoms with Gasteiger partial charge in [0.25, 0.3) is 0 Å². The van der Waals surface area contributed by atoms with Gasteiger partial charge in [-0.2, -0.15) is 0 Å². The molecule has 0 aromatic rings. The van der Waals surface area contributed by atoms with Crippen molar-refractivity contribution in [3.8, 4) is 0 Å². The van der Waals surface area contributed by atoms with Crippen LogP contribution in [0.1, 0.15) is 52.9 Å².